The van der Waals surface area contributed by atoms with Gasteiger partial charge in [0.05, 0.1) is 8.48 Å². The number of carbonyl (C=O) groups is 2. The van der Waals surface area contributed by atoms with E-state index in [4.69, 9.17) is 16.6 Å². The van der Waals surface area contributed by atoms with E-state index in [0.717, 1.165) is 32.4 Å². The zero-order chi connectivity index (χ0) is 25.6. The number of rotatable bonds is 5. The zero-order valence-electron chi connectivity index (χ0n) is 18.6. The largest absolute Gasteiger partial charge is 0.493 e. The number of halogens is 5. The van der Waals surface area contributed by atoms with Crippen molar-refractivity contribution in [1.29, 1.82) is 0 Å². The standard InChI is InChI=1S/C21H20F5N3O4/c1-9-14(11-4-5-12(22)15(23)16(11)32-3)17(33-20(9,2)21(24,25)26)19(31)29-10-6-7-28-13(8-10)18(27)30/h4-9,14,17H,1-3H3,(H2,27,30)(H,28,29,31)/t9-,14-,17+,20+/m0/s1/i6D. The maximum atomic E-state index is 14.4. The molecule has 12 heteroatoms. The third kappa shape index (κ3) is 4.22. The lowest BCUT2D eigenvalue weighted by Crippen LogP contribution is -2.47. The number of methoxy groups -OCH3 is 1. The molecule has 178 valence electrons. The molecule has 1 aromatic carbocycles. The summed E-state index contributed by atoms with van der Waals surface area (Å²) in [7, 11) is 1.01. The number of nitrogens with one attached hydrogen (secondary N) is 1. The van der Waals surface area contributed by atoms with E-state index in [0.29, 0.717) is 6.07 Å². The van der Waals surface area contributed by atoms with Gasteiger partial charge in [0.1, 0.15) is 11.8 Å². The first-order valence-electron chi connectivity index (χ1n) is 10.1. The molecule has 2 heterocycles. The Morgan fingerprint density at radius 1 is 1.33 bits per heavy atom. The van der Waals surface area contributed by atoms with Gasteiger partial charge >= 0.3 is 6.18 Å². The van der Waals surface area contributed by atoms with Crippen LogP contribution in [0.3, 0.4) is 0 Å². The number of carbonyl (C=O) groups excluding carboxylic acids is 2. The Balaban J connectivity index is 2.10. The molecule has 2 aromatic rings. The molecular weight excluding hydrogens is 453 g/mol. The minimum Gasteiger partial charge on any atom is -0.493 e. The summed E-state index contributed by atoms with van der Waals surface area (Å²) in [5.74, 6) is -8.34. The lowest BCUT2D eigenvalue weighted by molar-refractivity contribution is -0.272. The number of pyridine rings is 1. The van der Waals surface area contributed by atoms with Gasteiger partial charge in [0.15, 0.2) is 17.2 Å². The summed E-state index contributed by atoms with van der Waals surface area (Å²) in [5.41, 5.74) is 1.53. The van der Waals surface area contributed by atoms with Gasteiger partial charge < -0.3 is 20.5 Å². The molecule has 1 aliphatic rings. The molecule has 3 rings (SSSR count). The third-order valence-corrected chi connectivity index (χ3v) is 5.79. The molecular formula is C21H20F5N3O4. The van der Waals surface area contributed by atoms with Gasteiger partial charge in [0.25, 0.3) is 11.8 Å². The fourth-order valence-corrected chi connectivity index (χ4v) is 3.84. The number of aromatic nitrogens is 1. The summed E-state index contributed by atoms with van der Waals surface area (Å²) in [6.45, 7) is 1.91. The molecule has 7 nitrogen and oxygen atoms in total. The summed E-state index contributed by atoms with van der Waals surface area (Å²) in [6.07, 6.45) is -5.87. The lowest BCUT2D eigenvalue weighted by Gasteiger charge is -2.32. The number of alkyl halides is 3. The van der Waals surface area contributed by atoms with Gasteiger partial charge in [0.2, 0.25) is 5.82 Å². The summed E-state index contributed by atoms with van der Waals surface area (Å²) < 4.78 is 88.0. The van der Waals surface area contributed by atoms with Crippen LogP contribution in [0.25, 0.3) is 0 Å². The van der Waals surface area contributed by atoms with Crippen molar-refractivity contribution < 1.29 is 42.4 Å². The molecule has 1 aromatic heterocycles. The van der Waals surface area contributed by atoms with Gasteiger partial charge in [-0.15, -0.1) is 0 Å². The third-order valence-electron chi connectivity index (χ3n) is 5.79. The highest BCUT2D eigenvalue weighted by atomic mass is 19.4. The SMILES string of the molecule is [2H]c1cnc(C(N)=O)cc1NC(=O)[C@@H]1O[C@@](C)(C(F)(F)F)[C@@H](C)[C@H]1c1ccc(F)c(F)c1OC. The average molecular weight is 474 g/mol. The van der Waals surface area contributed by atoms with Crippen LogP contribution in [0.2, 0.25) is 0 Å². The fraction of sp³-hybridized carbons (Fsp3) is 0.381. The molecule has 4 atom stereocenters. The van der Waals surface area contributed by atoms with Crippen LogP contribution in [0, 0.1) is 17.6 Å². The number of ether oxygens (including phenoxy) is 2. The minimum atomic E-state index is -4.93. The molecule has 1 saturated heterocycles. The van der Waals surface area contributed by atoms with E-state index in [9.17, 15) is 31.5 Å². The van der Waals surface area contributed by atoms with Crippen LogP contribution in [0.15, 0.2) is 30.4 Å². The van der Waals surface area contributed by atoms with Gasteiger partial charge in [-0.05, 0) is 25.1 Å². The van der Waals surface area contributed by atoms with Crippen molar-refractivity contribution in [3.05, 3.63) is 53.3 Å². The predicted molar refractivity (Wildman–Crippen MR) is 106 cm³/mol. The average Bonchev–Trinajstić information content (AvgIpc) is 3.03. The van der Waals surface area contributed by atoms with Crippen LogP contribution < -0.4 is 15.8 Å². The highest BCUT2D eigenvalue weighted by Gasteiger charge is 2.65. The van der Waals surface area contributed by atoms with E-state index in [1.165, 1.54) is 6.92 Å². The van der Waals surface area contributed by atoms with Crippen LogP contribution >= 0.6 is 0 Å². The second-order valence-corrected chi connectivity index (χ2v) is 7.64. The molecule has 1 fully saturated rings. The maximum Gasteiger partial charge on any atom is 0.417 e. The van der Waals surface area contributed by atoms with Crippen molar-refractivity contribution in [3.8, 4) is 5.75 Å². The van der Waals surface area contributed by atoms with Crippen molar-refractivity contribution in [1.82, 2.24) is 4.98 Å². The number of benzene rings is 1. The highest BCUT2D eigenvalue weighted by molar-refractivity contribution is 5.97. The van der Waals surface area contributed by atoms with Crippen molar-refractivity contribution in [2.45, 2.75) is 37.6 Å². The predicted octanol–water partition coefficient (Wildman–Crippen LogP) is 3.55. The van der Waals surface area contributed by atoms with Crippen molar-refractivity contribution >= 4 is 17.5 Å². The van der Waals surface area contributed by atoms with Gasteiger partial charge in [-0.3, -0.25) is 14.6 Å². The number of anilines is 1. The first-order chi connectivity index (χ1) is 15.7. The van der Waals surface area contributed by atoms with Gasteiger partial charge in [0, 0.05) is 29.3 Å². The summed E-state index contributed by atoms with van der Waals surface area (Å²) >= 11 is 0. The highest BCUT2D eigenvalue weighted by Crippen LogP contribution is 2.55. The van der Waals surface area contributed by atoms with E-state index in [-0.39, 0.29) is 23.0 Å². The fourth-order valence-electron chi connectivity index (χ4n) is 3.84. The topological polar surface area (TPSA) is 104 Å². The monoisotopic (exact) mass is 474 g/mol. The van der Waals surface area contributed by atoms with Crippen LogP contribution in [-0.4, -0.2) is 41.8 Å². The molecule has 0 bridgehead atoms. The van der Waals surface area contributed by atoms with Crippen LogP contribution in [0.1, 0.15) is 37.2 Å². The Morgan fingerprint density at radius 2 is 2.00 bits per heavy atom. The van der Waals surface area contributed by atoms with Gasteiger partial charge in [-0.2, -0.15) is 17.6 Å². The van der Waals surface area contributed by atoms with E-state index in [1.807, 2.05) is 0 Å². The Hall–Kier alpha value is -3.28. The first-order valence-corrected chi connectivity index (χ1v) is 9.56. The number of hydrogen-bond acceptors (Lipinski definition) is 5. The van der Waals surface area contributed by atoms with Crippen molar-refractivity contribution in [3.63, 3.8) is 0 Å². The Kier molecular flexibility index (Phi) is 5.95. The number of amides is 2. The molecule has 0 spiro atoms. The number of nitrogens with two attached hydrogens (primary N) is 1. The molecule has 0 unspecified atom stereocenters. The number of primary amides is 1. The van der Waals surface area contributed by atoms with Crippen LogP contribution in [0.5, 0.6) is 5.75 Å². The van der Waals surface area contributed by atoms with Crippen molar-refractivity contribution in [2.75, 3.05) is 12.4 Å². The summed E-state index contributed by atoms with van der Waals surface area (Å²) in [4.78, 5) is 28.1. The normalized spacial score (nSPS) is 25.5. The van der Waals surface area contributed by atoms with Crippen LogP contribution in [0.4, 0.5) is 27.6 Å². The second-order valence-electron chi connectivity index (χ2n) is 7.64. The van der Waals surface area contributed by atoms with Gasteiger partial charge in [-0.1, -0.05) is 13.0 Å². The molecule has 33 heavy (non-hydrogen) atoms. The molecule has 0 radical (unpaired) electrons. The Labute approximate surface area is 186 Å². The van der Waals surface area contributed by atoms with Crippen molar-refractivity contribution in [2.24, 2.45) is 11.7 Å². The molecule has 0 aliphatic carbocycles. The maximum absolute atomic E-state index is 14.4. The summed E-state index contributed by atoms with van der Waals surface area (Å²) in [6, 6.07) is 2.36. The van der Waals surface area contributed by atoms with Crippen LogP contribution in [-0.2, 0) is 9.53 Å². The minimum absolute atomic E-state index is 0.208. The smallest absolute Gasteiger partial charge is 0.417 e. The lowest BCUT2D eigenvalue weighted by atomic mass is 9.77. The zero-order valence-corrected chi connectivity index (χ0v) is 17.6. The molecule has 3 N–H and O–H groups in total. The second kappa shape index (κ2) is 8.58. The molecule has 0 saturated carbocycles. The summed E-state index contributed by atoms with van der Waals surface area (Å²) in [5, 5.41) is 2.25. The van der Waals surface area contributed by atoms with E-state index in [1.54, 1.807) is 0 Å². The van der Waals surface area contributed by atoms with E-state index >= 15 is 0 Å². The van der Waals surface area contributed by atoms with E-state index < -0.39 is 58.9 Å². The quantitative estimate of drug-likeness (QED) is 0.646. The number of nitrogens with zero attached hydrogens (tertiary/aromatic N) is 1. The van der Waals surface area contributed by atoms with Gasteiger partial charge in [-0.25, -0.2) is 4.39 Å². The molecule has 1 aliphatic heterocycles. The Bertz CT molecular complexity index is 1150. The number of hydrogen-bond donors (Lipinski definition) is 2. The van der Waals surface area contributed by atoms with E-state index in [2.05, 4.69) is 10.3 Å². The first kappa shape index (κ1) is 22.9. The Morgan fingerprint density at radius 3 is 2.58 bits per heavy atom. The molecule has 2 amide bonds.